The van der Waals surface area contributed by atoms with Gasteiger partial charge in [-0.2, -0.15) is 0 Å². The van der Waals surface area contributed by atoms with Crippen LogP contribution in [-0.2, 0) is 9.53 Å². The first-order valence-electron chi connectivity index (χ1n) is 5.47. The van der Waals surface area contributed by atoms with Crippen LogP contribution in [0, 0.1) is 0 Å². The molecule has 0 spiro atoms. The van der Waals surface area contributed by atoms with Crippen LogP contribution in [0.4, 0.5) is 4.79 Å². The van der Waals surface area contributed by atoms with Crippen molar-refractivity contribution in [3.05, 3.63) is 0 Å². The standard InChI is InChI=1S/C10H16N2O3S/c1-8-7-15-4-2-12(8)9(13)6-11-3-5-16-10(11)14/h8H,2-7H2,1H3/t8-/m0/s1. The smallest absolute Gasteiger partial charge is 0.282 e. The third-order valence-corrected chi connectivity index (χ3v) is 3.75. The van der Waals surface area contributed by atoms with Crippen molar-refractivity contribution in [3.63, 3.8) is 0 Å². The maximum absolute atomic E-state index is 12.0. The molecule has 0 aromatic carbocycles. The molecule has 2 heterocycles. The van der Waals surface area contributed by atoms with Crippen molar-refractivity contribution in [2.75, 3.05) is 38.6 Å². The second-order valence-electron chi connectivity index (χ2n) is 4.05. The van der Waals surface area contributed by atoms with E-state index in [1.165, 1.54) is 11.8 Å². The largest absolute Gasteiger partial charge is 0.377 e. The molecular weight excluding hydrogens is 228 g/mol. The molecule has 90 valence electrons. The number of hydrogen-bond acceptors (Lipinski definition) is 4. The monoisotopic (exact) mass is 244 g/mol. The highest BCUT2D eigenvalue weighted by Gasteiger charge is 2.28. The lowest BCUT2D eigenvalue weighted by Crippen LogP contribution is -2.50. The minimum atomic E-state index is 0.0225. The molecule has 2 saturated heterocycles. The number of hydrogen-bond donors (Lipinski definition) is 0. The molecule has 0 radical (unpaired) electrons. The summed E-state index contributed by atoms with van der Waals surface area (Å²) in [6.07, 6.45) is 0. The zero-order valence-electron chi connectivity index (χ0n) is 9.35. The van der Waals surface area contributed by atoms with Gasteiger partial charge in [0, 0.05) is 18.8 Å². The van der Waals surface area contributed by atoms with Gasteiger partial charge < -0.3 is 14.5 Å². The van der Waals surface area contributed by atoms with Gasteiger partial charge in [0.25, 0.3) is 5.24 Å². The van der Waals surface area contributed by atoms with Crippen LogP contribution in [0.3, 0.4) is 0 Å². The predicted octanol–water partition coefficient (Wildman–Crippen LogP) is 0.403. The lowest BCUT2D eigenvalue weighted by atomic mass is 10.2. The van der Waals surface area contributed by atoms with Gasteiger partial charge in [-0.1, -0.05) is 11.8 Å². The zero-order valence-corrected chi connectivity index (χ0v) is 10.2. The molecule has 1 atom stereocenters. The molecule has 5 nitrogen and oxygen atoms in total. The number of amides is 2. The van der Waals surface area contributed by atoms with Crippen molar-refractivity contribution in [1.82, 2.24) is 9.80 Å². The van der Waals surface area contributed by atoms with E-state index in [4.69, 9.17) is 4.74 Å². The first kappa shape index (κ1) is 11.7. The SMILES string of the molecule is C[C@H]1COCCN1C(=O)CN1CCSC1=O. The Balaban J connectivity index is 1.89. The second kappa shape index (κ2) is 5.05. The molecule has 6 heteroatoms. The van der Waals surface area contributed by atoms with E-state index in [1.807, 2.05) is 6.92 Å². The summed E-state index contributed by atoms with van der Waals surface area (Å²) >= 11 is 1.29. The van der Waals surface area contributed by atoms with Crippen molar-refractivity contribution >= 4 is 22.9 Å². The van der Waals surface area contributed by atoms with Gasteiger partial charge in [0.15, 0.2) is 0 Å². The molecule has 2 rings (SSSR count). The van der Waals surface area contributed by atoms with Crippen molar-refractivity contribution in [3.8, 4) is 0 Å². The first-order chi connectivity index (χ1) is 7.68. The fourth-order valence-corrected chi connectivity index (χ4v) is 2.75. The average Bonchev–Trinajstić information content (AvgIpc) is 2.65. The van der Waals surface area contributed by atoms with Gasteiger partial charge in [-0.15, -0.1) is 0 Å². The van der Waals surface area contributed by atoms with Gasteiger partial charge in [0.1, 0.15) is 6.54 Å². The number of morpholine rings is 1. The molecular formula is C10H16N2O3S. The Morgan fingerprint density at radius 2 is 2.38 bits per heavy atom. The first-order valence-corrected chi connectivity index (χ1v) is 6.46. The third kappa shape index (κ3) is 2.49. The maximum Gasteiger partial charge on any atom is 0.282 e. The second-order valence-corrected chi connectivity index (χ2v) is 5.09. The van der Waals surface area contributed by atoms with E-state index in [2.05, 4.69) is 0 Å². The fraction of sp³-hybridized carbons (Fsp3) is 0.800. The highest BCUT2D eigenvalue weighted by molar-refractivity contribution is 8.13. The lowest BCUT2D eigenvalue weighted by molar-refractivity contribution is -0.139. The zero-order chi connectivity index (χ0) is 11.5. The molecule has 0 aromatic rings. The normalized spacial score (nSPS) is 26.3. The molecule has 0 saturated carbocycles. The van der Waals surface area contributed by atoms with Crippen LogP contribution in [-0.4, -0.2) is 65.6 Å². The van der Waals surface area contributed by atoms with E-state index in [1.54, 1.807) is 9.80 Å². The molecule has 2 amide bonds. The van der Waals surface area contributed by atoms with E-state index in [0.29, 0.717) is 26.3 Å². The number of rotatable bonds is 2. The molecule has 16 heavy (non-hydrogen) atoms. The Kier molecular flexibility index (Phi) is 3.70. The highest BCUT2D eigenvalue weighted by Crippen LogP contribution is 2.17. The molecule has 0 aliphatic carbocycles. The van der Waals surface area contributed by atoms with Gasteiger partial charge in [-0.05, 0) is 6.92 Å². The quantitative estimate of drug-likeness (QED) is 0.705. The van der Waals surface area contributed by atoms with Crippen LogP contribution in [0.1, 0.15) is 6.92 Å². The van der Waals surface area contributed by atoms with E-state index in [-0.39, 0.29) is 23.7 Å². The summed E-state index contributed by atoms with van der Waals surface area (Å²) in [6, 6.07) is 0.117. The van der Waals surface area contributed by atoms with Crippen molar-refractivity contribution < 1.29 is 14.3 Å². The van der Waals surface area contributed by atoms with Gasteiger partial charge >= 0.3 is 0 Å². The van der Waals surface area contributed by atoms with E-state index in [0.717, 1.165) is 5.75 Å². The molecule has 0 N–H and O–H groups in total. The van der Waals surface area contributed by atoms with Gasteiger partial charge in [0.05, 0.1) is 19.3 Å². The predicted molar refractivity (Wildman–Crippen MR) is 61.4 cm³/mol. The summed E-state index contributed by atoms with van der Waals surface area (Å²) in [6.45, 7) is 4.70. The number of ether oxygens (including phenoxy) is 1. The van der Waals surface area contributed by atoms with E-state index in [9.17, 15) is 9.59 Å². The Labute approximate surface area is 99.1 Å². The average molecular weight is 244 g/mol. The van der Waals surface area contributed by atoms with Crippen molar-refractivity contribution in [2.45, 2.75) is 13.0 Å². The summed E-state index contributed by atoms with van der Waals surface area (Å²) in [5.74, 6) is 0.830. The minimum Gasteiger partial charge on any atom is -0.377 e. The van der Waals surface area contributed by atoms with Gasteiger partial charge in [-0.3, -0.25) is 9.59 Å². The van der Waals surface area contributed by atoms with E-state index >= 15 is 0 Å². The summed E-state index contributed by atoms with van der Waals surface area (Å²) in [4.78, 5) is 26.8. The van der Waals surface area contributed by atoms with Crippen molar-refractivity contribution in [2.24, 2.45) is 0 Å². The van der Waals surface area contributed by atoms with Gasteiger partial charge in [0.2, 0.25) is 5.91 Å². The molecule has 2 aliphatic rings. The fourth-order valence-electron chi connectivity index (χ4n) is 1.92. The van der Waals surface area contributed by atoms with Crippen molar-refractivity contribution in [1.29, 1.82) is 0 Å². The lowest BCUT2D eigenvalue weighted by Gasteiger charge is -2.34. The number of thioether (sulfide) groups is 1. The van der Waals surface area contributed by atoms with Crippen LogP contribution in [0.25, 0.3) is 0 Å². The van der Waals surface area contributed by atoms with Crippen LogP contribution in [0.15, 0.2) is 0 Å². The number of carbonyl (C=O) groups is 2. The van der Waals surface area contributed by atoms with E-state index < -0.39 is 0 Å². The molecule has 0 bridgehead atoms. The Morgan fingerprint density at radius 1 is 1.56 bits per heavy atom. The topological polar surface area (TPSA) is 49.9 Å². The third-order valence-electron chi connectivity index (χ3n) is 2.86. The van der Waals surface area contributed by atoms with Crippen LogP contribution in [0.5, 0.6) is 0 Å². The number of carbonyl (C=O) groups excluding carboxylic acids is 2. The van der Waals surface area contributed by atoms with Crippen LogP contribution in [0.2, 0.25) is 0 Å². The Hall–Kier alpha value is -0.750. The molecule has 0 unspecified atom stereocenters. The van der Waals surface area contributed by atoms with Crippen LogP contribution < -0.4 is 0 Å². The van der Waals surface area contributed by atoms with Crippen LogP contribution >= 0.6 is 11.8 Å². The molecule has 2 aliphatic heterocycles. The summed E-state index contributed by atoms with van der Waals surface area (Å²) in [5, 5.41) is 0.0225. The summed E-state index contributed by atoms with van der Waals surface area (Å²) in [5.41, 5.74) is 0. The van der Waals surface area contributed by atoms with Gasteiger partial charge in [-0.25, -0.2) is 0 Å². The molecule has 2 fully saturated rings. The maximum atomic E-state index is 12.0. The Bertz CT molecular complexity index is 298. The molecule has 0 aromatic heterocycles. The highest BCUT2D eigenvalue weighted by atomic mass is 32.2. The Morgan fingerprint density at radius 3 is 3.00 bits per heavy atom. The summed E-state index contributed by atoms with van der Waals surface area (Å²) < 4.78 is 5.27. The minimum absolute atomic E-state index is 0.0225. The number of nitrogens with zero attached hydrogens (tertiary/aromatic N) is 2. The summed E-state index contributed by atoms with van der Waals surface area (Å²) in [7, 11) is 0.